The van der Waals surface area contributed by atoms with Crippen molar-refractivity contribution in [1.29, 1.82) is 0 Å². The molecule has 0 aliphatic rings. The van der Waals surface area contributed by atoms with Crippen LogP contribution in [0.25, 0.3) is 0 Å². The van der Waals surface area contributed by atoms with Crippen LogP contribution in [-0.2, 0) is 11.8 Å². The van der Waals surface area contributed by atoms with E-state index in [1.54, 1.807) is 32.5 Å². The van der Waals surface area contributed by atoms with E-state index in [0.29, 0.717) is 5.56 Å². The fraction of sp³-hybridized carbons (Fsp3) is 0.583. The van der Waals surface area contributed by atoms with E-state index in [9.17, 15) is 9.59 Å². The van der Waals surface area contributed by atoms with Crippen LogP contribution in [0, 0.1) is 12.8 Å². The third kappa shape index (κ3) is 2.52. The van der Waals surface area contributed by atoms with E-state index in [4.69, 9.17) is 5.11 Å². The first-order chi connectivity index (χ1) is 8.27. The molecular weight excluding hydrogens is 234 g/mol. The van der Waals surface area contributed by atoms with Crippen LogP contribution < -0.4 is 0 Å². The summed E-state index contributed by atoms with van der Waals surface area (Å²) in [5.41, 5.74) is 1.16. The van der Waals surface area contributed by atoms with Gasteiger partial charge in [-0.15, -0.1) is 0 Å². The van der Waals surface area contributed by atoms with Gasteiger partial charge < -0.3 is 10.0 Å². The summed E-state index contributed by atoms with van der Waals surface area (Å²) in [6.07, 6.45) is 1.47. The van der Waals surface area contributed by atoms with Gasteiger partial charge in [0.25, 0.3) is 5.91 Å². The predicted octanol–water partition coefficient (Wildman–Crippen LogP) is 0.910. The SMILES string of the molecule is Cc1c(C(=O)N(C)C(C(=O)O)C(C)C)cnn1C. The number of hydrogen-bond acceptors (Lipinski definition) is 3. The fourth-order valence-electron chi connectivity index (χ4n) is 1.92. The molecule has 0 spiro atoms. The minimum atomic E-state index is -0.998. The monoisotopic (exact) mass is 253 g/mol. The van der Waals surface area contributed by atoms with Crippen molar-refractivity contribution in [3.05, 3.63) is 17.5 Å². The number of carbonyl (C=O) groups excluding carboxylic acids is 1. The van der Waals surface area contributed by atoms with Crippen molar-refractivity contribution in [1.82, 2.24) is 14.7 Å². The summed E-state index contributed by atoms with van der Waals surface area (Å²) in [7, 11) is 3.25. The number of aliphatic carboxylic acids is 1. The molecule has 1 aromatic heterocycles. The molecule has 18 heavy (non-hydrogen) atoms. The van der Waals surface area contributed by atoms with E-state index in [0.717, 1.165) is 5.69 Å². The number of rotatable bonds is 4. The van der Waals surface area contributed by atoms with Crippen LogP contribution in [0.4, 0.5) is 0 Å². The second-order valence-electron chi connectivity index (χ2n) is 4.71. The highest BCUT2D eigenvalue weighted by molar-refractivity contribution is 5.97. The lowest BCUT2D eigenvalue weighted by Gasteiger charge is -2.27. The Kier molecular flexibility index (Phi) is 4.11. The topological polar surface area (TPSA) is 75.4 Å². The second-order valence-corrected chi connectivity index (χ2v) is 4.71. The number of aromatic nitrogens is 2. The van der Waals surface area contributed by atoms with Crippen LogP contribution >= 0.6 is 0 Å². The van der Waals surface area contributed by atoms with Gasteiger partial charge in [-0.05, 0) is 12.8 Å². The Bertz CT molecular complexity index is 465. The maximum atomic E-state index is 12.2. The molecule has 0 aromatic carbocycles. The number of carboxylic acid groups (broad SMARTS) is 1. The maximum Gasteiger partial charge on any atom is 0.326 e. The molecule has 1 amide bonds. The van der Waals surface area contributed by atoms with E-state index >= 15 is 0 Å². The largest absolute Gasteiger partial charge is 0.480 e. The summed E-state index contributed by atoms with van der Waals surface area (Å²) in [6, 6.07) is -0.836. The van der Waals surface area contributed by atoms with Crippen molar-refractivity contribution in [3.8, 4) is 0 Å². The lowest BCUT2D eigenvalue weighted by molar-refractivity contribution is -0.143. The normalized spacial score (nSPS) is 12.6. The van der Waals surface area contributed by atoms with Gasteiger partial charge in [0.2, 0.25) is 0 Å². The average Bonchev–Trinajstić information content (AvgIpc) is 2.57. The highest BCUT2D eigenvalue weighted by atomic mass is 16.4. The number of amides is 1. The summed E-state index contributed by atoms with van der Waals surface area (Å²) >= 11 is 0. The van der Waals surface area contributed by atoms with E-state index in [1.165, 1.54) is 18.1 Å². The van der Waals surface area contributed by atoms with E-state index < -0.39 is 12.0 Å². The number of carbonyl (C=O) groups is 2. The molecule has 6 nitrogen and oxygen atoms in total. The number of nitrogens with zero attached hydrogens (tertiary/aromatic N) is 3. The summed E-state index contributed by atoms with van der Waals surface area (Å²) in [4.78, 5) is 24.7. The fourth-order valence-corrected chi connectivity index (χ4v) is 1.92. The minimum absolute atomic E-state index is 0.159. The number of aryl methyl sites for hydroxylation is 1. The highest BCUT2D eigenvalue weighted by Crippen LogP contribution is 2.15. The molecule has 6 heteroatoms. The molecule has 1 unspecified atom stereocenters. The van der Waals surface area contributed by atoms with Crippen LogP contribution in [0.2, 0.25) is 0 Å². The van der Waals surface area contributed by atoms with E-state index in [2.05, 4.69) is 5.10 Å². The van der Waals surface area contributed by atoms with Crippen LogP contribution in [0.15, 0.2) is 6.20 Å². The number of likely N-dealkylation sites (N-methyl/N-ethyl adjacent to an activating group) is 1. The van der Waals surface area contributed by atoms with Crippen molar-refractivity contribution in [3.63, 3.8) is 0 Å². The molecule has 1 heterocycles. The van der Waals surface area contributed by atoms with Crippen molar-refractivity contribution in [2.24, 2.45) is 13.0 Å². The molecule has 0 saturated carbocycles. The van der Waals surface area contributed by atoms with Crippen molar-refractivity contribution in [2.45, 2.75) is 26.8 Å². The summed E-state index contributed by atoms with van der Waals surface area (Å²) in [5.74, 6) is -1.47. The summed E-state index contributed by atoms with van der Waals surface area (Å²) in [6.45, 7) is 5.33. The molecule has 1 rings (SSSR count). The van der Waals surface area contributed by atoms with Gasteiger partial charge in [0, 0.05) is 19.8 Å². The molecule has 100 valence electrons. The van der Waals surface area contributed by atoms with E-state index in [1.807, 2.05) is 0 Å². The van der Waals surface area contributed by atoms with Crippen molar-refractivity contribution < 1.29 is 14.7 Å². The zero-order valence-electron chi connectivity index (χ0n) is 11.3. The Balaban J connectivity index is 3.03. The zero-order valence-corrected chi connectivity index (χ0v) is 11.3. The first-order valence-corrected chi connectivity index (χ1v) is 5.76. The standard InChI is InChI=1S/C12H19N3O3/c1-7(2)10(12(17)18)14(4)11(16)9-6-13-15(5)8(9)3/h6-7,10H,1-5H3,(H,17,18). The van der Waals surface area contributed by atoms with Crippen LogP contribution in [0.1, 0.15) is 29.9 Å². The van der Waals surface area contributed by atoms with Gasteiger partial charge in [0.1, 0.15) is 6.04 Å². The quantitative estimate of drug-likeness (QED) is 0.865. The predicted molar refractivity (Wildman–Crippen MR) is 66.3 cm³/mol. The molecule has 0 aliphatic carbocycles. The molecule has 0 radical (unpaired) electrons. The van der Waals surface area contributed by atoms with Gasteiger partial charge in [-0.3, -0.25) is 9.48 Å². The smallest absolute Gasteiger partial charge is 0.326 e. The molecule has 1 N–H and O–H groups in total. The number of hydrogen-bond donors (Lipinski definition) is 1. The Labute approximate surface area is 106 Å². The summed E-state index contributed by atoms with van der Waals surface area (Å²) in [5, 5.41) is 13.2. The Morgan fingerprint density at radius 3 is 2.33 bits per heavy atom. The lowest BCUT2D eigenvalue weighted by Crippen LogP contribution is -2.45. The van der Waals surface area contributed by atoms with E-state index in [-0.39, 0.29) is 11.8 Å². The first-order valence-electron chi connectivity index (χ1n) is 5.76. The van der Waals surface area contributed by atoms with Gasteiger partial charge in [-0.25, -0.2) is 4.79 Å². The zero-order chi connectivity index (χ0) is 14.0. The van der Waals surface area contributed by atoms with Crippen molar-refractivity contribution in [2.75, 3.05) is 7.05 Å². The third-order valence-electron chi connectivity index (χ3n) is 3.09. The maximum absolute atomic E-state index is 12.2. The highest BCUT2D eigenvalue weighted by Gasteiger charge is 2.31. The van der Waals surface area contributed by atoms with Crippen LogP contribution in [0.3, 0.4) is 0 Å². The Hall–Kier alpha value is -1.85. The van der Waals surface area contributed by atoms with Gasteiger partial charge in [-0.2, -0.15) is 5.10 Å². The van der Waals surface area contributed by atoms with Gasteiger partial charge in [-0.1, -0.05) is 13.8 Å². The Morgan fingerprint density at radius 1 is 1.44 bits per heavy atom. The molecule has 0 fully saturated rings. The molecule has 1 atom stereocenters. The molecular formula is C12H19N3O3. The van der Waals surface area contributed by atoms with Crippen molar-refractivity contribution >= 4 is 11.9 Å². The lowest BCUT2D eigenvalue weighted by atomic mass is 10.0. The average molecular weight is 253 g/mol. The third-order valence-corrected chi connectivity index (χ3v) is 3.09. The van der Waals surface area contributed by atoms with Gasteiger partial charge >= 0.3 is 5.97 Å². The molecule has 0 bridgehead atoms. The molecule has 0 saturated heterocycles. The summed E-state index contributed by atoms with van der Waals surface area (Å²) < 4.78 is 1.59. The first kappa shape index (κ1) is 14.2. The van der Waals surface area contributed by atoms with Gasteiger partial charge in [0.15, 0.2) is 0 Å². The van der Waals surface area contributed by atoms with Crippen LogP contribution in [-0.4, -0.2) is 44.8 Å². The minimum Gasteiger partial charge on any atom is -0.480 e. The van der Waals surface area contributed by atoms with Gasteiger partial charge in [0.05, 0.1) is 11.8 Å². The molecule has 1 aromatic rings. The number of carboxylic acids is 1. The van der Waals surface area contributed by atoms with Crippen LogP contribution in [0.5, 0.6) is 0 Å². The second kappa shape index (κ2) is 5.20. The Morgan fingerprint density at radius 2 is 2.00 bits per heavy atom. The molecule has 0 aliphatic heterocycles.